The van der Waals surface area contributed by atoms with Crippen molar-refractivity contribution < 1.29 is 9.53 Å². The van der Waals surface area contributed by atoms with Gasteiger partial charge in [0, 0.05) is 12.7 Å². The number of ether oxygens (including phenoxy) is 1. The second-order valence-electron chi connectivity index (χ2n) is 3.29. The maximum atomic E-state index is 10.3. The Labute approximate surface area is 99.8 Å². The molecular formula is C10H17N5O2. The highest BCUT2D eigenvalue weighted by Gasteiger charge is 1.98. The monoisotopic (exact) mass is 239 g/mol. The molecule has 1 rings (SSSR count). The summed E-state index contributed by atoms with van der Waals surface area (Å²) >= 11 is 0. The summed E-state index contributed by atoms with van der Waals surface area (Å²) in [6.45, 7) is 3.55. The Morgan fingerprint density at radius 2 is 2.29 bits per heavy atom. The lowest BCUT2D eigenvalue weighted by molar-refractivity contribution is 0.161. The highest BCUT2D eigenvalue weighted by atomic mass is 16.5. The van der Waals surface area contributed by atoms with E-state index in [1.54, 1.807) is 12.3 Å². The summed E-state index contributed by atoms with van der Waals surface area (Å²) in [5, 5.41) is 6.07. The van der Waals surface area contributed by atoms with E-state index in [1.807, 2.05) is 0 Å². The Kier molecular flexibility index (Phi) is 5.56. The van der Waals surface area contributed by atoms with Gasteiger partial charge in [-0.3, -0.25) is 0 Å². The lowest BCUT2D eigenvalue weighted by Crippen LogP contribution is -2.18. The first-order valence-electron chi connectivity index (χ1n) is 5.45. The SMILES string of the molecule is CCCNc1nccc(NCCOC(N)=O)n1. The summed E-state index contributed by atoms with van der Waals surface area (Å²) in [7, 11) is 0. The fourth-order valence-corrected chi connectivity index (χ4v) is 1.11. The molecule has 94 valence electrons. The molecule has 0 radical (unpaired) electrons. The number of amides is 1. The number of carbonyl (C=O) groups is 1. The molecule has 7 heteroatoms. The number of nitrogens with zero attached hydrogens (tertiary/aromatic N) is 2. The molecule has 17 heavy (non-hydrogen) atoms. The molecule has 1 aromatic rings. The average Bonchev–Trinajstić information content (AvgIpc) is 2.32. The summed E-state index contributed by atoms with van der Waals surface area (Å²) in [5.74, 6) is 1.25. The second-order valence-corrected chi connectivity index (χ2v) is 3.29. The summed E-state index contributed by atoms with van der Waals surface area (Å²) < 4.78 is 4.58. The second kappa shape index (κ2) is 7.26. The Morgan fingerprint density at radius 1 is 1.47 bits per heavy atom. The van der Waals surface area contributed by atoms with Gasteiger partial charge in [-0.2, -0.15) is 4.98 Å². The summed E-state index contributed by atoms with van der Waals surface area (Å²) in [4.78, 5) is 18.6. The Bertz CT molecular complexity index is 358. The number of hydrogen-bond acceptors (Lipinski definition) is 6. The number of primary amides is 1. The molecule has 1 heterocycles. The van der Waals surface area contributed by atoms with Crippen LogP contribution in [-0.2, 0) is 4.74 Å². The molecule has 0 aliphatic heterocycles. The minimum Gasteiger partial charge on any atom is -0.448 e. The standard InChI is InChI=1S/C10H17N5O2/c1-2-4-13-10-14-5-3-8(15-10)12-6-7-17-9(11)16/h3,5H,2,4,6-7H2,1H3,(H2,11,16)(H2,12,13,14,15). The van der Waals surface area contributed by atoms with Crippen LogP contribution in [0.4, 0.5) is 16.6 Å². The van der Waals surface area contributed by atoms with Gasteiger partial charge < -0.3 is 21.1 Å². The number of hydrogen-bond donors (Lipinski definition) is 3. The van der Waals surface area contributed by atoms with Crippen molar-refractivity contribution in [1.29, 1.82) is 0 Å². The number of anilines is 2. The van der Waals surface area contributed by atoms with Gasteiger partial charge in [0.05, 0.1) is 6.54 Å². The number of aromatic nitrogens is 2. The zero-order valence-electron chi connectivity index (χ0n) is 9.77. The van der Waals surface area contributed by atoms with Crippen LogP contribution >= 0.6 is 0 Å². The van der Waals surface area contributed by atoms with E-state index in [0.29, 0.717) is 18.3 Å². The molecule has 0 bridgehead atoms. The molecule has 1 amide bonds. The minimum atomic E-state index is -0.778. The third kappa shape index (κ3) is 5.55. The maximum Gasteiger partial charge on any atom is 0.404 e. The van der Waals surface area contributed by atoms with Crippen LogP contribution in [0, 0.1) is 0 Å². The van der Waals surface area contributed by atoms with Crippen molar-refractivity contribution in [2.45, 2.75) is 13.3 Å². The van der Waals surface area contributed by atoms with Gasteiger partial charge in [-0.1, -0.05) is 6.92 Å². The van der Waals surface area contributed by atoms with Crippen LogP contribution in [-0.4, -0.2) is 35.8 Å². The molecule has 4 N–H and O–H groups in total. The fourth-order valence-electron chi connectivity index (χ4n) is 1.11. The van der Waals surface area contributed by atoms with Crippen molar-refractivity contribution >= 4 is 17.9 Å². The Balaban J connectivity index is 2.34. The normalized spacial score (nSPS) is 9.71. The largest absolute Gasteiger partial charge is 0.448 e. The average molecular weight is 239 g/mol. The molecule has 0 aromatic carbocycles. The van der Waals surface area contributed by atoms with Crippen molar-refractivity contribution in [3.63, 3.8) is 0 Å². The van der Waals surface area contributed by atoms with Crippen molar-refractivity contribution in [3.8, 4) is 0 Å². The van der Waals surface area contributed by atoms with Crippen molar-refractivity contribution in [2.75, 3.05) is 30.3 Å². The molecule has 0 saturated heterocycles. The quantitative estimate of drug-likeness (QED) is 0.608. The zero-order chi connectivity index (χ0) is 12.5. The van der Waals surface area contributed by atoms with E-state index in [4.69, 9.17) is 5.73 Å². The van der Waals surface area contributed by atoms with Crippen LogP contribution in [0.5, 0.6) is 0 Å². The van der Waals surface area contributed by atoms with E-state index in [1.165, 1.54) is 0 Å². The lowest BCUT2D eigenvalue weighted by atomic mass is 10.5. The molecule has 0 atom stereocenters. The van der Waals surface area contributed by atoms with Crippen molar-refractivity contribution in [2.24, 2.45) is 5.73 Å². The molecule has 0 spiro atoms. The third-order valence-electron chi connectivity index (χ3n) is 1.84. The minimum absolute atomic E-state index is 0.205. The number of carbonyl (C=O) groups excluding carboxylic acids is 1. The highest BCUT2D eigenvalue weighted by Crippen LogP contribution is 2.04. The molecule has 7 nitrogen and oxygen atoms in total. The van der Waals surface area contributed by atoms with Gasteiger partial charge in [-0.25, -0.2) is 9.78 Å². The van der Waals surface area contributed by atoms with Gasteiger partial charge in [-0.15, -0.1) is 0 Å². The summed E-state index contributed by atoms with van der Waals surface area (Å²) in [6.07, 6.45) is 1.88. The predicted octanol–water partition coefficient (Wildman–Crippen LogP) is 0.806. The fraction of sp³-hybridized carbons (Fsp3) is 0.500. The first-order chi connectivity index (χ1) is 8.22. The van der Waals surface area contributed by atoms with Crippen LogP contribution in [0.25, 0.3) is 0 Å². The topological polar surface area (TPSA) is 102 Å². The van der Waals surface area contributed by atoms with E-state index >= 15 is 0 Å². The van der Waals surface area contributed by atoms with Gasteiger partial charge in [0.25, 0.3) is 0 Å². The highest BCUT2D eigenvalue weighted by molar-refractivity contribution is 5.64. The molecular weight excluding hydrogens is 222 g/mol. The first-order valence-corrected chi connectivity index (χ1v) is 5.45. The van der Waals surface area contributed by atoms with E-state index in [9.17, 15) is 4.79 Å². The number of rotatable bonds is 7. The van der Waals surface area contributed by atoms with Gasteiger partial charge in [0.2, 0.25) is 5.95 Å². The number of nitrogens with one attached hydrogen (secondary N) is 2. The van der Waals surface area contributed by atoms with Crippen LogP contribution in [0.1, 0.15) is 13.3 Å². The van der Waals surface area contributed by atoms with E-state index in [2.05, 4.69) is 32.3 Å². The van der Waals surface area contributed by atoms with Gasteiger partial charge >= 0.3 is 6.09 Å². The van der Waals surface area contributed by atoms with Gasteiger partial charge in [-0.05, 0) is 12.5 Å². The molecule has 1 aromatic heterocycles. The Hall–Kier alpha value is -2.05. The molecule has 0 unspecified atom stereocenters. The van der Waals surface area contributed by atoms with Gasteiger partial charge in [0.15, 0.2) is 0 Å². The van der Waals surface area contributed by atoms with Crippen molar-refractivity contribution in [1.82, 2.24) is 9.97 Å². The van der Waals surface area contributed by atoms with Crippen LogP contribution in [0.3, 0.4) is 0 Å². The third-order valence-corrected chi connectivity index (χ3v) is 1.84. The zero-order valence-corrected chi connectivity index (χ0v) is 9.77. The first kappa shape index (κ1) is 13.0. The van der Waals surface area contributed by atoms with Gasteiger partial charge in [0.1, 0.15) is 12.4 Å². The van der Waals surface area contributed by atoms with E-state index in [-0.39, 0.29) is 6.61 Å². The van der Waals surface area contributed by atoms with Crippen LogP contribution in [0.15, 0.2) is 12.3 Å². The Morgan fingerprint density at radius 3 is 3.00 bits per heavy atom. The number of nitrogens with two attached hydrogens (primary N) is 1. The maximum absolute atomic E-state index is 10.3. The summed E-state index contributed by atoms with van der Waals surface area (Å²) in [5.41, 5.74) is 4.83. The van der Waals surface area contributed by atoms with Crippen LogP contribution < -0.4 is 16.4 Å². The smallest absolute Gasteiger partial charge is 0.404 e. The van der Waals surface area contributed by atoms with Crippen molar-refractivity contribution in [3.05, 3.63) is 12.3 Å². The van der Waals surface area contributed by atoms with E-state index < -0.39 is 6.09 Å². The molecule has 0 aliphatic rings. The lowest BCUT2D eigenvalue weighted by Gasteiger charge is -2.07. The molecule has 0 fully saturated rings. The molecule has 0 aliphatic carbocycles. The van der Waals surface area contributed by atoms with E-state index in [0.717, 1.165) is 13.0 Å². The predicted molar refractivity (Wildman–Crippen MR) is 64.8 cm³/mol. The van der Waals surface area contributed by atoms with Crippen LogP contribution in [0.2, 0.25) is 0 Å². The molecule has 0 saturated carbocycles. The summed E-state index contributed by atoms with van der Waals surface area (Å²) in [6, 6.07) is 1.74.